The lowest BCUT2D eigenvalue weighted by molar-refractivity contribution is -0.304. The van der Waals surface area contributed by atoms with Crippen LogP contribution in [0.25, 0.3) is 0 Å². The fourth-order valence-electron chi connectivity index (χ4n) is 14.0. The summed E-state index contributed by atoms with van der Waals surface area (Å²) in [7, 11) is 0. The molecule has 0 aromatic rings. The van der Waals surface area contributed by atoms with Crippen LogP contribution >= 0.6 is 0 Å². The molecule has 17 atom stereocenters. The lowest BCUT2D eigenvalue weighted by atomic mass is 9.41. The summed E-state index contributed by atoms with van der Waals surface area (Å²) in [6.45, 7) is 15.4. The van der Waals surface area contributed by atoms with Crippen LogP contribution in [0, 0.1) is 50.7 Å². The van der Waals surface area contributed by atoms with Gasteiger partial charge in [-0.2, -0.15) is 0 Å². The Morgan fingerprint density at radius 2 is 1.52 bits per heavy atom. The number of fused-ring (bicyclic) bond motifs is 4. The van der Waals surface area contributed by atoms with E-state index in [9.17, 15) is 25.5 Å². The van der Waals surface area contributed by atoms with Crippen LogP contribution in [0.15, 0.2) is 0 Å². The van der Waals surface area contributed by atoms with Crippen LogP contribution in [-0.2, 0) is 18.9 Å². The monoisotopic (exact) mass is 620 g/mol. The van der Waals surface area contributed by atoms with E-state index in [0.717, 1.165) is 44.9 Å². The Bertz CT molecular complexity index is 1200. The molecule has 8 rings (SSSR count). The van der Waals surface area contributed by atoms with Gasteiger partial charge in [-0.3, -0.25) is 0 Å². The van der Waals surface area contributed by atoms with Crippen LogP contribution in [0.5, 0.6) is 0 Å². The lowest BCUT2D eigenvalue weighted by Crippen LogP contribution is -2.63. The van der Waals surface area contributed by atoms with Gasteiger partial charge in [0.05, 0.1) is 30.5 Å². The minimum atomic E-state index is -1.31. The highest BCUT2D eigenvalue weighted by molar-refractivity contribution is 5.34. The molecule has 3 saturated heterocycles. The maximum absolute atomic E-state index is 12.4. The van der Waals surface area contributed by atoms with E-state index in [4.69, 9.17) is 18.9 Å². The van der Waals surface area contributed by atoms with Crippen LogP contribution in [0.3, 0.4) is 0 Å². The molecule has 5 aliphatic carbocycles. The van der Waals surface area contributed by atoms with Gasteiger partial charge >= 0.3 is 0 Å². The van der Waals surface area contributed by atoms with Crippen molar-refractivity contribution in [3.05, 3.63) is 0 Å². The van der Waals surface area contributed by atoms with E-state index in [1.54, 1.807) is 0 Å². The van der Waals surface area contributed by atoms with Crippen LogP contribution in [-0.4, -0.2) is 92.5 Å². The number of hydrogen-bond donors (Lipinski definition) is 5. The fraction of sp³-hybridized carbons (Fsp3) is 1.00. The molecule has 3 heterocycles. The second-order valence-electron chi connectivity index (χ2n) is 18.4. The van der Waals surface area contributed by atoms with E-state index in [1.165, 1.54) is 0 Å². The zero-order valence-corrected chi connectivity index (χ0v) is 27.7. The highest BCUT2D eigenvalue weighted by Crippen LogP contribution is 2.90. The van der Waals surface area contributed by atoms with E-state index in [1.807, 2.05) is 13.8 Å². The van der Waals surface area contributed by atoms with Crippen molar-refractivity contribution in [1.82, 2.24) is 0 Å². The average Bonchev–Trinajstić information content (AvgIpc) is 3.38. The second-order valence-corrected chi connectivity index (χ2v) is 18.4. The quantitative estimate of drug-likeness (QED) is 0.301. The fourth-order valence-corrected chi connectivity index (χ4v) is 14.0. The van der Waals surface area contributed by atoms with Crippen LogP contribution in [0.1, 0.15) is 99.8 Å². The highest BCUT2D eigenvalue weighted by atomic mass is 16.8. The third kappa shape index (κ3) is 3.53. The van der Waals surface area contributed by atoms with Gasteiger partial charge in [0, 0.05) is 12.3 Å². The van der Waals surface area contributed by atoms with Crippen molar-refractivity contribution in [3.63, 3.8) is 0 Å². The Kier molecular flexibility index (Phi) is 6.33. The average molecular weight is 621 g/mol. The summed E-state index contributed by atoms with van der Waals surface area (Å²) in [5.41, 5.74) is -1.28. The normalized spacial score (nSPS) is 62.2. The maximum atomic E-state index is 12.4. The van der Waals surface area contributed by atoms with Gasteiger partial charge in [0.2, 0.25) is 0 Å². The van der Waals surface area contributed by atoms with Crippen LogP contribution in [0.4, 0.5) is 0 Å². The maximum Gasteiger partial charge on any atom is 0.186 e. The molecule has 5 N–H and O–H groups in total. The number of rotatable bonds is 3. The SMILES string of the molecule is C[C@@H]1C[C@H]2O[C@]3(C[C@@]4(C)[C@@H]5[C@@H](O)C[C@H]6C(C)(C)[C@H](O[C@H]7OC[C@@H](O)[C@@H](O)[C@H]7O)CC[C@@]67C[C@@]57CC[C@]4(C)[C@@H]13)O[C@H]2C(C)(C)O. The van der Waals surface area contributed by atoms with Gasteiger partial charge in [0.15, 0.2) is 12.1 Å². The summed E-state index contributed by atoms with van der Waals surface area (Å²) < 4.78 is 25.9. The Balaban J connectivity index is 1.10. The molecule has 0 amide bonds. The molecule has 3 aliphatic heterocycles. The predicted molar refractivity (Wildman–Crippen MR) is 159 cm³/mol. The lowest BCUT2D eigenvalue weighted by Gasteiger charge is -2.64. The first-order chi connectivity index (χ1) is 20.4. The summed E-state index contributed by atoms with van der Waals surface area (Å²) in [4.78, 5) is 0. The first-order valence-electron chi connectivity index (χ1n) is 17.4. The molecule has 3 spiro atoms. The molecule has 2 bridgehead atoms. The van der Waals surface area contributed by atoms with E-state index in [-0.39, 0.29) is 69.7 Å². The Morgan fingerprint density at radius 1 is 0.795 bits per heavy atom. The van der Waals surface area contributed by atoms with Gasteiger partial charge in [-0.25, -0.2) is 0 Å². The summed E-state index contributed by atoms with van der Waals surface area (Å²) in [5, 5.41) is 54.2. The number of ether oxygens (including phenoxy) is 4. The molecule has 44 heavy (non-hydrogen) atoms. The van der Waals surface area contributed by atoms with Gasteiger partial charge in [0.25, 0.3) is 0 Å². The zero-order valence-electron chi connectivity index (χ0n) is 27.7. The molecule has 8 aliphatic rings. The zero-order chi connectivity index (χ0) is 31.6. The summed E-state index contributed by atoms with van der Waals surface area (Å²) >= 11 is 0. The van der Waals surface area contributed by atoms with Crippen molar-refractivity contribution in [3.8, 4) is 0 Å². The Hall–Kier alpha value is -0.360. The topological polar surface area (TPSA) is 138 Å². The molecular formula is C35H56O9. The molecule has 0 radical (unpaired) electrons. The molecular weight excluding hydrogens is 564 g/mol. The molecule has 250 valence electrons. The smallest absolute Gasteiger partial charge is 0.186 e. The minimum Gasteiger partial charge on any atom is -0.393 e. The Morgan fingerprint density at radius 3 is 2.23 bits per heavy atom. The molecule has 9 nitrogen and oxygen atoms in total. The third-order valence-electron chi connectivity index (χ3n) is 15.7. The van der Waals surface area contributed by atoms with E-state index < -0.39 is 42.1 Å². The highest BCUT2D eigenvalue weighted by Gasteiger charge is 2.87. The molecule has 9 heteroatoms. The van der Waals surface area contributed by atoms with Crippen LogP contribution in [0.2, 0.25) is 0 Å². The number of aliphatic hydroxyl groups is 5. The summed E-state index contributed by atoms with van der Waals surface area (Å²) in [5.74, 6) is 0.319. The second kappa shape index (κ2) is 9.00. The van der Waals surface area contributed by atoms with E-state index in [2.05, 4.69) is 34.6 Å². The largest absolute Gasteiger partial charge is 0.393 e. The summed E-state index contributed by atoms with van der Waals surface area (Å²) in [6.07, 6.45) is 1.70. The van der Waals surface area contributed by atoms with Crippen molar-refractivity contribution in [2.45, 2.75) is 160 Å². The van der Waals surface area contributed by atoms with Gasteiger partial charge < -0.3 is 44.5 Å². The van der Waals surface area contributed by atoms with E-state index >= 15 is 0 Å². The molecule has 5 saturated carbocycles. The Labute approximate surface area is 262 Å². The van der Waals surface area contributed by atoms with Crippen molar-refractivity contribution < 1.29 is 44.5 Å². The van der Waals surface area contributed by atoms with Crippen molar-refractivity contribution in [2.24, 2.45) is 50.7 Å². The standard InChI is InChI=1S/C35H56O9/c1-17-12-20-27(30(4,5)40)44-35(43-20)15-32(7)26-18(36)13-21-29(2,3)22(42-28-24(39)23(38)19(37)14-41-28)8-9-33(21)16-34(26,33)11-10-31(32,6)25(17)35/h17-28,36-40H,8-16H2,1-7H3/t17-,18+,19-,20-,21+,22-,23-,24-,25-,26+,27-,28-,31-,32+,33-,34+,35-/m1/s1. The number of aliphatic hydroxyl groups excluding tert-OH is 4. The molecule has 8 fully saturated rings. The van der Waals surface area contributed by atoms with Crippen LogP contribution < -0.4 is 0 Å². The van der Waals surface area contributed by atoms with Gasteiger partial charge in [-0.05, 0) is 104 Å². The predicted octanol–water partition coefficient (Wildman–Crippen LogP) is 3.12. The third-order valence-corrected chi connectivity index (χ3v) is 15.7. The van der Waals surface area contributed by atoms with Crippen molar-refractivity contribution in [1.29, 1.82) is 0 Å². The van der Waals surface area contributed by atoms with Crippen molar-refractivity contribution in [2.75, 3.05) is 6.61 Å². The molecule has 0 unspecified atom stereocenters. The molecule has 0 aromatic carbocycles. The number of hydrogen-bond acceptors (Lipinski definition) is 9. The van der Waals surface area contributed by atoms with Crippen molar-refractivity contribution >= 4 is 0 Å². The molecule has 0 aromatic heterocycles. The minimum absolute atomic E-state index is 0.0465. The van der Waals surface area contributed by atoms with Gasteiger partial charge in [-0.15, -0.1) is 0 Å². The first kappa shape index (κ1) is 30.9. The summed E-state index contributed by atoms with van der Waals surface area (Å²) in [6, 6.07) is 0. The van der Waals surface area contributed by atoms with Gasteiger partial charge in [-0.1, -0.05) is 34.6 Å². The van der Waals surface area contributed by atoms with Gasteiger partial charge in [0.1, 0.15) is 24.4 Å². The van der Waals surface area contributed by atoms with E-state index in [0.29, 0.717) is 12.3 Å². The first-order valence-corrected chi connectivity index (χ1v) is 17.4.